The molecule has 0 aliphatic heterocycles. The van der Waals surface area contributed by atoms with Crippen molar-refractivity contribution in [2.45, 2.75) is 39.8 Å². The molecule has 3 heterocycles. The van der Waals surface area contributed by atoms with Gasteiger partial charge in [-0.1, -0.05) is 37.1 Å². The average molecular weight is 429 g/mol. The molecule has 150 valence electrons. The van der Waals surface area contributed by atoms with Gasteiger partial charge in [-0.15, -0.1) is 11.3 Å². The van der Waals surface area contributed by atoms with Gasteiger partial charge in [0.05, 0.1) is 28.0 Å². The maximum Gasteiger partial charge on any atom is 0.256 e. The van der Waals surface area contributed by atoms with Crippen molar-refractivity contribution in [1.29, 1.82) is 0 Å². The zero-order valence-corrected chi connectivity index (χ0v) is 17.8. The van der Waals surface area contributed by atoms with E-state index in [1.54, 1.807) is 22.9 Å². The minimum Gasteiger partial charge on any atom is -0.457 e. The molecule has 4 rings (SSSR count). The Kier molecular flexibility index (Phi) is 5.69. The smallest absolute Gasteiger partial charge is 0.256 e. The first-order valence-corrected chi connectivity index (χ1v) is 10.7. The highest BCUT2D eigenvalue weighted by molar-refractivity contribution is 7.21. The lowest BCUT2D eigenvalue weighted by Crippen LogP contribution is -2.23. The zero-order chi connectivity index (χ0) is 20.4. The number of halogens is 1. The third kappa shape index (κ3) is 4.06. The van der Waals surface area contributed by atoms with E-state index in [2.05, 4.69) is 22.3 Å². The predicted octanol–water partition coefficient (Wildman–Crippen LogP) is 5.44. The summed E-state index contributed by atoms with van der Waals surface area (Å²) in [6.45, 7) is 4.86. The molecule has 0 atom stereocenters. The fraction of sp³-hybridized carbons (Fsp3) is 0.286. The number of rotatable bonds is 7. The monoisotopic (exact) mass is 428 g/mol. The number of furan rings is 1. The maximum absolute atomic E-state index is 12.6. The lowest BCUT2D eigenvalue weighted by atomic mass is 10.2. The van der Waals surface area contributed by atoms with E-state index in [-0.39, 0.29) is 12.5 Å². The summed E-state index contributed by atoms with van der Waals surface area (Å²) < 4.78 is 8.68. The molecule has 0 radical (unpaired) electrons. The first-order valence-electron chi connectivity index (χ1n) is 9.52. The third-order valence-corrected chi connectivity index (χ3v) is 6.04. The number of benzene rings is 1. The number of unbranched alkanes of at least 4 members (excludes halogenated alkanes) is 1. The molecule has 0 aliphatic carbocycles. The van der Waals surface area contributed by atoms with Crippen molar-refractivity contribution in [3.05, 3.63) is 58.6 Å². The number of fused-ring (bicyclic) bond motifs is 1. The van der Waals surface area contributed by atoms with Gasteiger partial charge in [0.2, 0.25) is 0 Å². The molecule has 1 aromatic carbocycles. The first kappa shape index (κ1) is 19.7. The lowest BCUT2D eigenvalue weighted by Gasteiger charge is -2.04. The van der Waals surface area contributed by atoms with Crippen LogP contribution in [0.2, 0.25) is 5.15 Å². The van der Waals surface area contributed by atoms with Gasteiger partial charge in [-0.3, -0.25) is 9.48 Å². The van der Waals surface area contributed by atoms with Crippen LogP contribution in [0, 0.1) is 6.92 Å². The van der Waals surface area contributed by atoms with Gasteiger partial charge < -0.3 is 9.73 Å². The molecule has 0 fully saturated rings. The van der Waals surface area contributed by atoms with Crippen molar-refractivity contribution in [3.8, 4) is 10.8 Å². The fourth-order valence-electron chi connectivity index (χ4n) is 3.09. The minimum absolute atomic E-state index is 0.256. The van der Waals surface area contributed by atoms with Crippen LogP contribution >= 0.6 is 22.9 Å². The van der Waals surface area contributed by atoms with E-state index in [0.717, 1.165) is 28.1 Å². The Bertz CT molecular complexity index is 1130. The number of carbonyl (C=O) groups excluding carboxylic acids is 1. The molecule has 8 heteroatoms. The van der Waals surface area contributed by atoms with E-state index in [4.69, 9.17) is 16.0 Å². The van der Waals surface area contributed by atoms with Gasteiger partial charge in [0, 0.05) is 6.54 Å². The fourth-order valence-corrected chi connectivity index (χ4v) is 4.36. The van der Waals surface area contributed by atoms with Gasteiger partial charge in [-0.05, 0) is 37.6 Å². The summed E-state index contributed by atoms with van der Waals surface area (Å²) in [6.07, 6.45) is 2.00. The molecule has 29 heavy (non-hydrogen) atoms. The molecule has 0 unspecified atom stereocenters. The van der Waals surface area contributed by atoms with Crippen molar-refractivity contribution in [2.24, 2.45) is 0 Å². The number of thiazole rings is 1. The summed E-state index contributed by atoms with van der Waals surface area (Å²) in [6, 6.07) is 11.7. The Morgan fingerprint density at radius 3 is 2.90 bits per heavy atom. The van der Waals surface area contributed by atoms with Crippen molar-refractivity contribution in [1.82, 2.24) is 20.1 Å². The summed E-state index contributed by atoms with van der Waals surface area (Å²) in [5.41, 5.74) is 1.99. The highest BCUT2D eigenvalue weighted by atomic mass is 35.5. The topological polar surface area (TPSA) is 73.0 Å². The summed E-state index contributed by atoms with van der Waals surface area (Å²) in [7, 11) is 0. The van der Waals surface area contributed by atoms with E-state index in [1.807, 2.05) is 36.4 Å². The van der Waals surface area contributed by atoms with Crippen molar-refractivity contribution in [3.63, 3.8) is 0 Å². The largest absolute Gasteiger partial charge is 0.457 e. The Morgan fingerprint density at radius 2 is 2.10 bits per heavy atom. The second kappa shape index (κ2) is 8.39. The molecular weight excluding hydrogens is 408 g/mol. The van der Waals surface area contributed by atoms with Crippen LogP contribution in [-0.2, 0) is 13.1 Å². The number of para-hydroxylation sites is 1. The van der Waals surface area contributed by atoms with Gasteiger partial charge in [0.25, 0.3) is 5.91 Å². The lowest BCUT2D eigenvalue weighted by molar-refractivity contribution is 0.0947. The number of carbonyl (C=O) groups is 1. The van der Waals surface area contributed by atoms with Crippen LogP contribution in [0.25, 0.3) is 21.0 Å². The predicted molar refractivity (Wildman–Crippen MR) is 115 cm³/mol. The SMILES string of the molecule is CCCCn1nc(C)c(C(=O)NCc2ccc(-c3nc4ccccc4s3)o2)c1Cl. The Morgan fingerprint density at radius 1 is 1.28 bits per heavy atom. The van der Waals surface area contributed by atoms with Crippen molar-refractivity contribution in [2.75, 3.05) is 0 Å². The Labute approximate surface area is 177 Å². The summed E-state index contributed by atoms with van der Waals surface area (Å²) in [5.74, 6) is 1.09. The van der Waals surface area contributed by atoms with Crippen LogP contribution in [0.1, 0.15) is 41.6 Å². The van der Waals surface area contributed by atoms with E-state index in [0.29, 0.717) is 34.5 Å². The van der Waals surface area contributed by atoms with Crippen molar-refractivity contribution >= 4 is 39.1 Å². The molecule has 1 N–H and O–H groups in total. The van der Waals surface area contributed by atoms with Crippen LogP contribution in [0.3, 0.4) is 0 Å². The number of hydrogen-bond donors (Lipinski definition) is 1. The number of hydrogen-bond acceptors (Lipinski definition) is 5. The van der Waals surface area contributed by atoms with Crippen LogP contribution in [0.4, 0.5) is 0 Å². The summed E-state index contributed by atoms with van der Waals surface area (Å²) in [4.78, 5) is 17.2. The maximum atomic E-state index is 12.6. The molecular formula is C21H21ClN4O2S. The van der Waals surface area contributed by atoms with Crippen LogP contribution in [0.5, 0.6) is 0 Å². The zero-order valence-electron chi connectivity index (χ0n) is 16.2. The van der Waals surface area contributed by atoms with Crippen molar-refractivity contribution < 1.29 is 9.21 Å². The second-order valence-corrected chi connectivity index (χ2v) is 8.15. The quantitative estimate of drug-likeness (QED) is 0.425. The van der Waals surface area contributed by atoms with Gasteiger partial charge >= 0.3 is 0 Å². The van der Waals surface area contributed by atoms with Gasteiger partial charge in [0.15, 0.2) is 10.8 Å². The Hall–Kier alpha value is -2.64. The number of nitrogens with zero attached hydrogens (tertiary/aromatic N) is 3. The molecule has 0 aliphatic rings. The van der Waals surface area contributed by atoms with E-state index >= 15 is 0 Å². The van der Waals surface area contributed by atoms with Crippen LogP contribution in [-0.4, -0.2) is 20.7 Å². The number of aromatic nitrogens is 3. The highest BCUT2D eigenvalue weighted by Gasteiger charge is 2.20. The molecule has 4 aromatic rings. The molecule has 3 aromatic heterocycles. The molecule has 0 spiro atoms. The second-order valence-electron chi connectivity index (χ2n) is 6.76. The van der Waals surface area contributed by atoms with Crippen LogP contribution in [0.15, 0.2) is 40.8 Å². The third-order valence-electron chi connectivity index (χ3n) is 4.61. The van der Waals surface area contributed by atoms with E-state index < -0.39 is 0 Å². The molecule has 0 bridgehead atoms. The van der Waals surface area contributed by atoms with Gasteiger partial charge in [0.1, 0.15) is 10.9 Å². The van der Waals surface area contributed by atoms with Crippen LogP contribution < -0.4 is 5.32 Å². The Balaban J connectivity index is 1.45. The summed E-state index contributed by atoms with van der Waals surface area (Å²) in [5, 5.41) is 8.45. The van der Waals surface area contributed by atoms with Gasteiger partial charge in [-0.25, -0.2) is 4.98 Å². The first-order chi connectivity index (χ1) is 14.1. The number of amides is 1. The molecule has 0 saturated carbocycles. The van der Waals surface area contributed by atoms with E-state index in [9.17, 15) is 4.79 Å². The number of aryl methyl sites for hydroxylation is 2. The minimum atomic E-state index is -0.256. The number of nitrogens with one attached hydrogen (secondary N) is 1. The van der Waals surface area contributed by atoms with E-state index in [1.165, 1.54) is 0 Å². The highest BCUT2D eigenvalue weighted by Crippen LogP contribution is 2.31. The standard InChI is InChI=1S/C21H21ClN4O2S/c1-3-4-11-26-19(22)18(13(2)25-26)20(27)23-12-14-9-10-16(28-14)21-24-15-7-5-6-8-17(15)29-21/h5-10H,3-4,11-12H2,1-2H3,(H,23,27). The molecule has 6 nitrogen and oxygen atoms in total. The normalized spacial score (nSPS) is 11.3. The van der Waals surface area contributed by atoms with Gasteiger partial charge in [-0.2, -0.15) is 5.10 Å². The summed E-state index contributed by atoms with van der Waals surface area (Å²) >= 11 is 7.95. The average Bonchev–Trinajstić information content (AvgIpc) is 3.41. The molecule has 0 saturated heterocycles. The molecule has 1 amide bonds.